The minimum atomic E-state index is 0.585. The summed E-state index contributed by atoms with van der Waals surface area (Å²) < 4.78 is 0. The first kappa shape index (κ1) is 15.2. The van der Waals surface area contributed by atoms with Gasteiger partial charge in [0.2, 0.25) is 0 Å². The molecule has 1 aromatic rings. The Balaban J connectivity index is 2.47. The van der Waals surface area contributed by atoms with E-state index < -0.39 is 0 Å². The van der Waals surface area contributed by atoms with Crippen molar-refractivity contribution in [1.29, 1.82) is 0 Å². The van der Waals surface area contributed by atoms with Crippen LogP contribution in [0.4, 0.5) is 0 Å². The number of hydrogen-bond donors (Lipinski definition) is 1. The second kappa shape index (κ2) is 9.09. The highest BCUT2D eigenvalue weighted by Crippen LogP contribution is 2.09. The molecule has 0 aliphatic rings. The Labute approximate surface area is 112 Å². The van der Waals surface area contributed by atoms with Crippen LogP contribution in [0.2, 0.25) is 0 Å². The van der Waals surface area contributed by atoms with Crippen LogP contribution in [0.25, 0.3) is 0 Å². The van der Waals surface area contributed by atoms with E-state index >= 15 is 0 Å². The SMILES string of the molecule is CCCCCC(Cc1ccc(CC)cn1)NCC. The van der Waals surface area contributed by atoms with Crippen molar-refractivity contribution in [2.24, 2.45) is 0 Å². The zero-order valence-corrected chi connectivity index (χ0v) is 12.2. The molecule has 1 heterocycles. The van der Waals surface area contributed by atoms with Crippen LogP contribution in [0.15, 0.2) is 18.3 Å². The third-order valence-corrected chi connectivity index (χ3v) is 3.40. The maximum atomic E-state index is 4.56. The Morgan fingerprint density at radius 2 is 2.00 bits per heavy atom. The molecule has 0 aliphatic carbocycles. The molecule has 0 aromatic carbocycles. The van der Waals surface area contributed by atoms with E-state index in [1.54, 1.807) is 0 Å². The third-order valence-electron chi connectivity index (χ3n) is 3.40. The lowest BCUT2D eigenvalue weighted by molar-refractivity contribution is 0.463. The Kier molecular flexibility index (Phi) is 7.66. The monoisotopic (exact) mass is 248 g/mol. The van der Waals surface area contributed by atoms with Crippen LogP contribution in [-0.4, -0.2) is 17.6 Å². The van der Waals surface area contributed by atoms with Crippen LogP contribution in [0.3, 0.4) is 0 Å². The molecule has 0 saturated heterocycles. The van der Waals surface area contributed by atoms with E-state index in [4.69, 9.17) is 0 Å². The summed E-state index contributed by atoms with van der Waals surface area (Å²) >= 11 is 0. The Hall–Kier alpha value is -0.890. The molecule has 0 bridgehead atoms. The molecule has 0 saturated carbocycles. The van der Waals surface area contributed by atoms with E-state index in [1.807, 2.05) is 6.20 Å². The van der Waals surface area contributed by atoms with Crippen LogP contribution in [0.5, 0.6) is 0 Å². The fourth-order valence-electron chi connectivity index (χ4n) is 2.24. The van der Waals surface area contributed by atoms with Crippen molar-refractivity contribution < 1.29 is 0 Å². The van der Waals surface area contributed by atoms with Crippen molar-refractivity contribution in [1.82, 2.24) is 10.3 Å². The highest BCUT2D eigenvalue weighted by Gasteiger charge is 2.08. The van der Waals surface area contributed by atoms with Gasteiger partial charge in [0.05, 0.1) is 0 Å². The van der Waals surface area contributed by atoms with E-state index in [2.05, 4.69) is 43.2 Å². The van der Waals surface area contributed by atoms with E-state index in [0.29, 0.717) is 6.04 Å². The van der Waals surface area contributed by atoms with Gasteiger partial charge in [-0.1, -0.05) is 46.1 Å². The van der Waals surface area contributed by atoms with Crippen LogP contribution in [0.1, 0.15) is 57.7 Å². The lowest BCUT2D eigenvalue weighted by atomic mass is 10.0. The average Bonchev–Trinajstić information content (AvgIpc) is 2.40. The van der Waals surface area contributed by atoms with Gasteiger partial charge in [0.25, 0.3) is 0 Å². The smallest absolute Gasteiger partial charge is 0.0419 e. The minimum absolute atomic E-state index is 0.585. The number of unbranched alkanes of at least 4 members (excludes halogenated alkanes) is 2. The largest absolute Gasteiger partial charge is 0.314 e. The maximum absolute atomic E-state index is 4.56. The van der Waals surface area contributed by atoms with Gasteiger partial charge >= 0.3 is 0 Å². The molecular weight excluding hydrogens is 220 g/mol. The molecule has 0 spiro atoms. The van der Waals surface area contributed by atoms with Gasteiger partial charge in [0.1, 0.15) is 0 Å². The quantitative estimate of drug-likeness (QED) is 0.673. The fraction of sp³-hybridized carbons (Fsp3) is 0.688. The first-order valence-electron chi connectivity index (χ1n) is 7.47. The van der Waals surface area contributed by atoms with Crippen molar-refractivity contribution >= 4 is 0 Å². The lowest BCUT2D eigenvalue weighted by Gasteiger charge is -2.17. The van der Waals surface area contributed by atoms with Gasteiger partial charge in [-0.2, -0.15) is 0 Å². The number of nitrogens with zero attached hydrogens (tertiary/aromatic N) is 1. The average molecular weight is 248 g/mol. The standard InChI is InChI=1S/C16H28N2/c1-4-7-8-9-15(17-6-3)12-16-11-10-14(5-2)13-18-16/h10-11,13,15,17H,4-9,12H2,1-3H3. The first-order valence-corrected chi connectivity index (χ1v) is 7.47. The minimum Gasteiger partial charge on any atom is -0.314 e. The molecule has 0 aliphatic heterocycles. The number of pyridine rings is 1. The number of nitrogens with one attached hydrogen (secondary N) is 1. The van der Waals surface area contributed by atoms with E-state index in [-0.39, 0.29) is 0 Å². The van der Waals surface area contributed by atoms with Gasteiger partial charge in [0.15, 0.2) is 0 Å². The van der Waals surface area contributed by atoms with E-state index in [9.17, 15) is 0 Å². The summed E-state index contributed by atoms with van der Waals surface area (Å²) in [6.07, 6.45) is 9.36. The molecule has 1 unspecified atom stereocenters. The summed E-state index contributed by atoms with van der Waals surface area (Å²) in [6.45, 7) is 7.65. The summed E-state index contributed by atoms with van der Waals surface area (Å²) in [5, 5.41) is 3.58. The van der Waals surface area contributed by atoms with Crippen LogP contribution in [-0.2, 0) is 12.8 Å². The van der Waals surface area contributed by atoms with Crippen molar-refractivity contribution in [2.75, 3.05) is 6.54 Å². The molecule has 1 atom stereocenters. The number of aryl methyl sites for hydroxylation is 1. The molecule has 0 radical (unpaired) electrons. The molecule has 18 heavy (non-hydrogen) atoms. The van der Waals surface area contributed by atoms with E-state index in [0.717, 1.165) is 19.4 Å². The summed E-state index contributed by atoms with van der Waals surface area (Å²) in [4.78, 5) is 4.56. The summed E-state index contributed by atoms with van der Waals surface area (Å²) in [5.41, 5.74) is 2.54. The Morgan fingerprint density at radius 1 is 1.17 bits per heavy atom. The van der Waals surface area contributed by atoms with Gasteiger partial charge in [0, 0.05) is 24.4 Å². The van der Waals surface area contributed by atoms with Gasteiger partial charge in [-0.15, -0.1) is 0 Å². The molecule has 102 valence electrons. The molecule has 2 heteroatoms. The van der Waals surface area contributed by atoms with Crippen molar-refractivity contribution in [3.63, 3.8) is 0 Å². The molecule has 1 N–H and O–H groups in total. The summed E-state index contributed by atoms with van der Waals surface area (Å²) in [7, 11) is 0. The van der Waals surface area contributed by atoms with Crippen molar-refractivity contribution in [3.05, 3.63) is 29.6 Å². The predicted octanol–water partition coefficient (Wildman–Crippen LogP) is 3.74. The summed E-state index contributed by atoms with van der Waals surface area (Å²) in [5.74, 6) is 0. The number of hydrogen-bond acceptors (Lipinski definition) is 2. The fourth-order valence-corrected chi connectivity index (χ4v) is 2.24. The second-order valence-corrected chi connectivity index (χ2v) is 4.97. The van der Waals surface area contributed by atoms with Crippen LogP contribution in [0, 0.1) is 0 Å². The van der Waals surface area contributed by atoms with Gasteiger partial charge < -0.3 is 5.32 Å². The molecular formula is C16H28N2. The molecule has 0 fully saturated rings. The number of aromatic nitrogens is 1. The van der Waals surface area contributed by atoms with E-state index in [1.165, 1.54) is 36.9 Å². The molecule has 0 amide bonds. The number of likely N-dealkylation sites (N-methyl/N-ethyl adjacent to an activating group) is 1. The van der Waals surface area contributed by atoms with Crippen molar-refractivity contribution in [3.8, 4) is 0 Å². The second-order valence-electron chi connectivity index (χ2n) is 4.97. The zero-order chi connectivity index (χ0) is 13.2. The normalized spacial score (nSPS) is 12.6. The van der Waals surface area contributed by atoms with Crippen molar-refractivity contribution in [2.45, 2.75) is 65.3 Å². The van der Waals surface area contributed by atoms with Gasteiger partial charge in [-0.25, -0.2) is 0 Å². The first-order chi connectivity index (χ1) is 8.80. The molecule has 1 rings (SSSR count). The number of rotatable bonds is 9. The lowest BCUT2D eigenvalue weighted by Crippen LogP contribution is -2.31. The topological polar surface area (TPSA) is 24.9 Å². The maximum Gasteiger partial charge on any atom is 0.0419 e. The van der Waals surface area contributed by atoms with Crippen LogP contribution < -0.4 is 5.32 Å². The highest BCUT2D eigenvalue weighted by molar-refractivity contribution is 5.14. The molecule has 1 aromatic heterocycles. The zero-order valence-electron chi connectivity index (χ0n) is 12.2. The van der Waals surface area contributed by atoms with Gasteiger partial charge in [-0.05, 0) is 31.0 Å². The summed E-state index contributed by atoms with van der Waals surface area (Å²) in [6, 6.07) is 4.97. The Bertz CT molecular complexity index is 305. The van der Waals surface area contributed by atoms with Gasteiger partial charge in [-0.3, -0.25) is 4.98 Å². The molecule has 2 nitrogen and oxygen atoms in total. The highest BCUT2D eigenvalue weighted by atomic mass is 14.9. The predicted molar refractivity (Wildman–Crippen MR) is 78.9 cm³/mol. The van der Waals surface area contributed by atoms with Crippen LogP contribution >= 0.6 is 0 Å². The third kappa shape index (κ3) is 5.63. The Morgan fingerprint density at radius 3 is 2.56 bits per heavy atom.